The molecule has 1 aromatic rings. The molecule has 0 fully saturated rings. The largest absolute Gasteiger partial charge is 0.385 e. The van der Waals surface area contributed by atoms with Gasteiger partial charge in [0.1, 0.15) is 0 Å². The summed E-state index contributed by atoms with van der Waals surface area (Å²) in [6.07, 6.45) is 2.58. The molecule has 0 aromatic heterocycles. The maximum absolute atomic E-state index is 3.50. The molecule has 0 bridgehead atoms. The topological polar surface area (TPSA) is 12.0 Å². The second-order valence-electron chi connectivity index (χ2n) is 5.05. The standard InChI is InChI=1S/C15H25N/c1-5-6-13(4)11-16-15-9-7-14(8-10-15)12(2)3/h7-10,12-13,16H,5-6,11H2,1-4H3. The highest BCUT2D eigenvalue weighted by molar-refractivity contribution is 5.45. The second kappa shape index (κ2) is 6.57. The van der Waals surface area contributed by atoms with Crippen molar-refractivity contribution in [1.29, 1.82) is 0 Å². The van der Waals surface area contributed by atoms with Crippen LogP contribution in [0.5, 0.6) is 0 Å². The van der Waals surface area contributed by atoms with E-state index in [2.05, 4.69) is 57.3 Å². The molecule has 0 aliphatic carbocycles. The number of benzene rings is 1. The van der Waals surface area contributed by atoms with Crippen molar-refractivity contribution in [2.45, 2.75) is 46.5 Å². The summed E-state index contributed by atoms with van der Waals surface area (Å²) in [5, 5.41) is 3.50. The van der Waals surface area contributed by atoms with E-state index in [1.54, 1.807) is 0 Å². The predicted octanol–water partition coefficient (Wildman–Crippen LogP) is 4.66. The third kappa shape index (κ3) is 4.26. The minimum Gasteiger partial charge on any atom is -0.385 e. The molecule has 1 heteroatoms. The van der Waals surface area contributed by atoms with Gasteiger partial charge in [0.25, 0.3) is 0 Å². The third-order valence-electron chi connectivity index (χ3n) is 3.01. The normalized spacial score (nSPS) is 12.8. The van der Waals surface area contributed by atoms with Gasteiger partial charge in [-0.1, -0.05) is 46.2 Å². The van der Waals surface area contributed by atoms with E-state index in [1.807, 2.05) is 0 Å². The van der Waals surface area contributed by atoms with Crippen LogP contribution in [0.1, 0.15) is 52.0 Å². The van der Waals surface area contributed by atoms with Crippen molar-refractivity contribution in [1.82, 2.24) is 0 Å². The lowest BCUT2D eigenvalue weighted by atomic mass is 10.0. The molecule has 1 rings (SSSR count). The number of hydrogen-bond donors (Lipinski definition) is 1. The summed E-state index contributed by atoms with van der Waals surface area (Å²) in [6.45, 7) is 10.1. The van der Waals surface area contributed by atoms with Crippen molar-refractivity contribution in [2.75, 3.05) is 11.9 Å². The van der Waals surface area contributed by atoms with E-state index >= 15 is 0 Å². The fraction of sp³-hybridized carbons (Fsp3) is 0.600. The summed E-state index contributed by atoms with van der Waals surface area (Å²) in [5.74, 6) is 1.38. The summed E-state index contributed by atoms with van der Waals surface area (Å²) in [5.41, 5.74) is 2.65. The van der Waals surface area contributed by atoms with Crippen LogP contribution in [0.2, 0.25) is 0 Å². The Kier molecular flexibility index (Phi) is 5.37. The van der Waals surface area contributed by atoms with Crippen molar-refractivity contribution in [3.63, 3.8) is 0 Å². The van der Waals surface area contributed by atoms with Crippen LogP contribution in [-0.4, -0.2) is 6.54 Å². The van der Waals surface area contributed by atoms with Gasteiger partial charge in [0.05, 0.1) is 0 Å². The Morgan fingerprint density at radius 1 is 1.06 bits per heavy atom. The first-order valence-corrected chi connectivity index (χ1v) is 6.47. The van der Waals surface area contributed by atoms with Crippen molar-refractivity contribution >= 4 is 5.69 Å². The predicted molar refractivity (Wildman–Crippen MR) is 73.1 cm³/mol. The molecule has 0 spiro atoms. The van der Waals surface area contributed by atoms with Gasteiger partial charge in [-0.2, -0.15) is 0 Å². The molecule has 0 saturated heterocycles. The lowest BCUT2D eigenvalue weighted by Gasteiger charge is -2.13. The Morgan fingerprint density at radius 3 is 2.19 bits per heavy atom. The summed E-state index contributed by atoms with van der Waals surface area (Å²) in [7, 11) is 0. The van der Waals surface area contributed by atoms with Gasteiger partial charge in [-0.25, -0.2) is 0 Å². The number of anilines is 1. The van der Waals surface area contributed by atoms with E-state index in [0.29, 0.717) is 5.92 Å². The molecule has 1 atom stereocenters. The zero-order valence-electron chi connectivity index (χ0n) is 11.1. The van der Waals surface area contributed by atoms with Crippen LogP contribution in [0, 0.1) is 5.92 Å². The fourth-order valence-corrected chi connectivity index (χ4v) is 1.87. The summed E-state index contributed by atoms with van der Waals surface area (Å²) in [6, 6.07) is 8.82. The molecule has 0 aliphatic heterocycles. The van der Waals surface area contributed by atoms with Crippen LogP contribution in [0.4, 0.5) is 5.69 Å². The third-order valence-corrected chi connectivity index (χ3v) is 3.01. The van der Waals surface area contributed by atoms with Crippen LogP contribution in [-0.2, 0) is 0 Å². The highest BCUT2D eigenvalue weighted by Gasteiger charge is 2.01. The maximum Gasteiger partial charge on any atom is 0.0340 e. The van der Waals surface area contributed by atoms with Gasteiger partial charge >= 0.3 is 0 Å². The molecular formula is C15H25N. The van der Waals surface area contributed by atoms with Crippen molar-refractivity contribution < 1.29 is 0 Å². The zero-order valence-corrected chi connectivity index (χ0v) is 11.1. The van der Waals surface area contributed by atoms with Gasteiger partial charge in [-0.05, 0) is 36.0 Å². The summed E-state index contributed by atoms with van der Waals surface area (Å²) >= 11 is 0. The number of nitrogens with one attached hydrogen (secondary N) is 1. The molecule has 1 unspecified atom stereocenters. The molecule has 16 heavy (non-hydrogen) atoms. The zero-order chi connectivity index (χ0) is 12.0. The van der Waals surface area contributed by atoms with E-state index < -0.39 is 0 Å². The van der Waals surface area contributed by atoms with Gasteiger partial charge in [0, 0.05) is 12.2 Å². The first-order chi connectivity index (χ1) is 7.63. The van der Waals surface area contributed by atoms with Crippen molar-refractivity contribution in [3.05, 3.63) is 29.8 Å². The van der Waals surface area contributed by atoms with E-state index in [4.69, 9.17) is 0 Å². The summed E-state index contributed by atoms with van der Waals surface area (Å²) < 4.78 is 0. The Bertz CT molecular complexity index is 287. The lowest BCUT2D eigenvalue weighted by molar-refractivity contribution is 0.551. The van der Waals surface area contributed by atoms with Gasteiger partial charge in [-0.15, -0.1) is 0 Å². The molecule has 1 aromatic carbocycles. The van der Waals surface area contributed by atoms with Gasteiger partial charge in [-0.3, -0.25) is 0 Å². The van der Waals surface area contributed by atoms with Crippen LogP contribution < -0.4 is 5.32 Å². The molecule has 1 nitrogen and oxygen atoms in total. The first-order valence-electron chi connectivity index (χ1n) is 6.47. The number of rotatable bonds is 6. The molecule has 0 aliphatic rings. The number of hydrogen-bond acceptors (Lipinski definition) is 1. The molecule has 1 N–H and O–H groups in total. The average Bonchev–Trinajstić information content (AvgIpc) is 2.27. The fourth-order valence-electron chi connectivity index (χ4n) is 1.87. The van der Waals surface area contributed by atoms with E-state index in [1.165, 1.54) is 24.1 Å². The molecular weight excluding hydrogens is 194 g/mol. The lowest BCUT2D eigenvalue weighted by Crippen LogP contribution is -2.10. The molecule has 0 radical (unpaired) electrons. The second-order valence-corrected chi connectivity index (χ2v) is 5.05. The van der Waals surface area contributed by atoms with Crippen LogP contribution >= 0.6 is 0 Å². The Hall–Kier alpha value is -0.980. The molecule has 0 heterocycles. The Morgan fingerprint density at radius 2 is 1.69 bits per heavy atom. The summed E-state index contributed by atoms with van der Waals surface area (Å²) in [4.78, 5) is 0. The highest BCUT2D eigenvalue weighted by atomic mass is 14.9. The van der Waals surface area contributed by atoms with Gasteiger partial charge < -0.3 is 5.32 Å². The quantitative estimate of drug-likeness (QED) is 0.734. The van der Waals surface area contributed by atoms with Gasteiger partial charge in [0.15, 0.2) is 0 Å². The Balaban J connectivity index is 2.43. The average molecular weight is 219 g/mol. The highest BCUT2D eigenvalue weighted by Crippen LogP contribution is 2.17. The minimum atomic E-state index is 0.619. The monoisotopic (exact) mass is 219 g/mol. The SMILES string of the molecule is CCCC(C)CNc1ccc(C(C)C)cc1. The molecule has 0 saturated carbocycles. The maximum atomic E-state index is 3.50. The van der Waals surface area contributed by atoms with Crippen molar-refractivity contribution in [3.8, 4) is 0 Å². The smallest absolute Gasteiger partial charge is 0.0340 e. The molecule has 0 amide bonds. The first kappa shape index (κ1) is 13.1. The molecule has 90 valence electrons. The van der Waals surface area contributed by atoms with Crippen molar-refractivity contribution in [2.24, 2.45) is 5.92 Å². The minimum absolute atomic E-state index is 0.619. The van der Waals surface area contributed by atoms with Crippen LogP contribution in [0.25, 0.3) is 0 Å². The van der Waals surface area contributed by atoms with Crippen LogP contribution in [0.3, 0.4) is 0 Å². The van der Waals surface area contributed by atoms with Gasteiger partial charge in [0.2, 0.25) is 0 Å². The van der Waals surface area contributed by atoms with E-state index in [0.717, 1.165) is 12.5 Å². The Labute approximate surface area is 100 Å². The van der Waals surface area contributed by atoms with Crippen LogP contribution in [0.15, 0.2) is 24.3 Å². The van der Waals surface area contributed by atoms with E-state index in [9.17, 15) is 0 Å². The van der Waals surface area contributed by atoms with E-state index in [-0.39, 0.29) is 0 Å².